The molecule has 1 fully saturated rings. The normalized spacial score (nSPS) is 16.7. The molecule has 2 aromatic rings. The minimum absolute atomic E-state index is 0.0456. The summed E-state index contributed by atoms with van der Waals surface area (Å²) in [6.45, 7) is 5.13. The van der Waals surface area contributed by atoms with E-state index in [-0.39, 0.29) is 18.0 Å². The minimum Gasteiger partial charge on any atom is -0.333 e. The SMILES string of the molecule is Cc1ccc(N2C[C@H](NC(=O)N(C)Cc3ccccc3)CC2=O)cc1C. The molecular formula is C21H25N3O2. The number of nitrogens with one attached hydrogen (secondary N) is 1. The molecule has 0 saturated carbocycles. The summed E-state index contributed by atoms with van der Waals surface area (Å²) < 4.78 is 0. The maximum Gasteiger partial charge on any atom is 0.317 e. The molecule has 0 unspecified atom stereocenters. The van der Waals surface area contributed by atoms with Crippen molar-refractivity contribution in [1.82, 2.24) is 10.2 Å². The molecule has 1 saturated heterocycles. The lowest BCUT2D eigenvalue weighted by Gasteiger charge is -2.22. The van der Waals surface area contributed by atoms with Gasteiger partial charge in [0.1, 0.15) is 0 Å². The number of benzene rings is 2. The minimum atomic E-state index is -0.171. The van der Waals surface area contributed by atoms with E-state index in [1.165, 1.54) is 5.56 Å². The van der Waals surface area contributed by atoms with Crippen LogP contribution in [0.2, 0.25) is 0 Å². The molecule has 0 spiro atoms. The predicted molar refractivity (Wildman–Crippen MR) is 103 cm³/mol. The van der Waals surface area contributed by atoms with Crippen LogP contribution in [-0.4, -0.2) is 36.5 Å². The van der Waals surface area contributed by atoms with Gasteiger partial charge in [-0.1, -0.05) is 36.4 Å². The zero-order valence-electron chi connectivity index (χ0n) is 15.5. The monoisotopic (exact) mass is 351 g/mol. The Kier molecular flexibility index (Phi) is 5.26. The average molecular weight is 351 g/mol. The first-order valence-corrected chi connectivity index (χ1v) is 8.87. The molecule has 136 valence electrons. The fourth-order valence-electron chi connectivity index (χ4n) is 3.16. The first-order valence-electron chi connectivity index (χ1n) is 8.87. The Morgan fingerprint density at radius 1 is 1.15 bits per heavy atom. The Hall–Kier alpha value is -2.82. The van der Waals surface area contributed by atoms with E-state index in [2.05, 4.69) is 12.2 Å². The second-order valence-corrected chi connectivity index (χ2v) is 6.97. The first kappa shape index (κ1) is 18.0. The predicted octanol–water partition coefficient (Wildman–Crippen LogP) is 3.25. The highest BCUT2D eigenvalue weighted by Gasteiger charge is 2.32. The maximum atomic E-state index is 12.4. The number of amides is 3. The number of anilines is 1. The fraction of sp³-hybridized carbons (Fsp3) is 0.333. The number of carbonyl (C=O) groups excluding carboxylic acids is 2. The van der Waals surface area contributed by atoms with Crippen LogP contribution in [-0.2, 0) is 11.3 Å². The van der Waals surface area contributed by atoms with Crippen LogP contribution in [0.1, 0.15) is 23.1 Å². The van der Waals surface area contributed by atoms with E-state index in [9.17, 15) is 9.59 Å². The van der Waals surface area contributed by atoms with Crippen LogP contribution in [0.5, 0.6) is 0 Å². The molecular weight excluding hydrogens is 326 g/mol. The summed E-state index contributed by atoms with van der Waals surface area (Å²) >= 11 is 0. The van der Waals surface area contributed by atoms with E-state index in [0.29, 0.717) is 19.5 Å². The second-order valence-electron chi connectivity index (χ2n) is 6.97. The number of urea groups is 1. The van der Waals surface area contributed by atoms with E-state index in [4.69, 9.17) is 0 Å². The summed E-state index contributed by atoms with van der Waals surface area (Å²) in [5, 5.41) is 2.98. The number of aryl methyl sites for hydroxylation is 2. The number of carbonyl (C=O) groups is 2. The van der Waals surface area contributed by atoms with Crippen molar-refractivity contribution in [3.63, 3.8) is 0 Å². The highest BCUT2D eigenvalue weighted by atomic mass is 16.2. The van der Waals surface area contributed by atoms with Gasteiger partial charge in [-0.3, -0.25) is 4.79 Å². The molecule has 26 heavy (non-hydrogen) atoms. The number of rotatable bonds is 4. The Morgan fingerprint density at radius 2 is 1.88 bits per heavy atom. The Morgan fingerprint density at radius 3 is 2.58 bits per heavy atom. The molecule has 1 aliphatic rings. The van der Waals surface area contributed by atoms with Gasteiger partial charge in [-0.25, -0.2) is 4.79 Å². The lowest BCUT2D eigenvalue weighted by Crippen LogP contribution is -2.43. The van der Waals surface area contributed by atoms with Crippen LogP contribution in [0.4, 0.5) is 10.5 Å². The molecule has 0 bridgehead atoms. The standard InChI is InChI=1S/C21H25N3O2/c1-15-9-10-19(11-16(15)2)24-14-18(12-20(24)25)22-21(26)23(3)13-17-7-5-4-6-8-17/h4-11,18H,12-14H2,1-3H3,(H,22,26)/t18-/m1/s1. The van der Waals surface area contributed by atoms with Gasteiger partial charge in [-0.15, -0.1) is 0 Å². The molecule has 3 amide bonds. The van der Waals surface area contributed by atoms with E-state index in [1.54, 1.807) is 16.8 Å². The van der Waals surface area contributed by atoms with Crippen LogP contribution >= 0.6 is 0 Å². The zero-order chi connectivity index (χ0) is 18.7. The molecule has 1 aliphatic heterocycles. The molecule has 0 aliphatic carbocycles. The summed E-state index contributed by atoms with van der Waals surface area (Å²) in [7, 11) is 1.76. The highest BCUT2D eigenvalue weighted by Crippen LogP contribution is 2.24. The molecule has 5 heteroatoms. The molecule has 1 heterocycles. The maximum absolute atomic E-state index is 12.4. The van der Waals surface area contributed by atoms with Crippen molar-refractivity contribution in [2.75, 3.05) is 18.5 Å². The second kappa shape index (κ2) is 7.60. The summed E-state index contributed by atoms with van der Waals surface area (Å²) in [6, 6.07) is 15.5. The van der Waals surface area contributed by atoms with Gasteiger partial charge < -0.3 is 15.1 Å². The largest absolute Gasteiger partial charge is 0.333 e. The van der Waals surface area contributed by atoms with Gasteiger partial charge >= 0.3 is 6.03 Å². The van der Waals surface area contributed by atoms with E-state index in [0.717, 1.165) is 16.8 Å². The third kappa shape index (κ3) is 4.04. The van der Waals surface area contributed by atoms with Crippen LogP contribution in [0.3, 0.4) is 0 Å². The molecule has 2 aromatic carbocycles. The third-order valence-electron chi connectivity index (χ3n) is 4.86. The van der Waals surface area contributed by atoms with Crippen molar-refractivity contribution in [3.05, 3.63) is 65.2 Å². The number of hydrogen-bond acceptors (Lipinski definition) is 2. The number of hydrogen-bond donors (Lipinski definition) is 1. The van der Waals surface area contributed by atoms with Crippen LogP contribution in [0.15, 0.2) is 48.5 Å². The summed E-state index contributed by atoms with van der Waals surface area (Å²) in [4.78, 5) is 28.2. The van der Waals surface area contributed by atoms with Crippen molar-refractivity contribution in [3.8, 4) is 0 Å². The summed E-state index contributed by atoms with van der Waals surface area (Å²) in [5.41, 5.74) is 4.33. The zero-order valence-corrected chi connectivity index (χ0v) is 15.5. The smallest absolute Gasteiger partial charge is 0.317 e. The molecule has 1 N–H and O–H groups in total. The Bertz CT molecular complexity index is 804. The molecule has 1 atom stereocenters. The van der Waals surface area contributed by atoms with Gasteiger partial charge in [0.2, 0.25) is 5.91 Å². The number of nitrogens with zero attached hydrogens (tertiary/aromatic N) is 2. The highest BCUT2D eigenvalue weighted by molar-refractivity contribution is 5.96. The van der Waals surface area contributed by atoms with Crippen molar-refractivity contribution in [2.45, 2.75) is 32.9 Å². The van der Waals surface area contributed by atoms with Crippen molar-refractivity contribution in [1.29, 1.82) is 0 Å². The van der Waals surface area contributed by atoms with Crippen molar-refractivity contribution >= 4 is 17.6 Å². The molecule has 0 radical (unpaired) electrons. The van der Waals surface area contributed by atoms with E-state index >= 15 is 0 Å². The van der Waals surface area contributed by atoms with Gasteiger partial charge in [-0.05, 0) is 42.7 Å². The first-order chi connectivity index (χ1) is 12.4. The van der Waals surface area contributed by atoms with Crippen LogP contribution in [0, 0.1) is 13.8 Å². The summed E-state index contributed by atoms with van der Waals surface area (Å²) in [5.74, 6) is 0.0456. The van der Waals surface area contributed by atoms with Gasteiger partial charge in [-0.2, -0.15) is 0 Å². The molecule has 3 rings (SSSR count). The fourth-order valence-corrected chi connectivity index (χ4v) is 3.16. The molecule has 0 aromatic heterocycles. The Balaban J connectivity index is 1.60. The van der Waals surface area contributed by atoms with Crippen molar-refractivity contribution in [2.24, 2.45) is 0 Å². The average Bonchev–Trinajstić information content (AvgIpc) is 2.98. The van der Waals surface area contributed by atoms with Gasteiger partial charge in [0.15, 0.2) is 0 Å². The lowest BCUT2D eigenvalue weighted by molar-refractivity contribution is -0.117. The van der Waals surface area contributed by atoms with Crippen molar-refractivity contribution < 1.29 is 9.59 Å². The van der Waals surface area contributed by atoms with Gasteiger partial charge in [0.25, 0.3) is 0 Å². The van der Waals surface area contributed by atoms with Gasteiger partial charge in [0.05, 0.1) is 6.04 Å². The van der Waals surface area contributed by atoms with Crippen LogP contribution in [0.25, 0.3) is 0 Å². The molecule has 5 nitrogen and oxygen atoms in total. The van der Waals surface area contributed by atoms with E-state index < -0.39 is 0 Å². The Labute approximate surface area is 154 Å². The van der Waals surface area contributed by atoms with E-state index in [1.807, 2.05) is 55.5 Å². The topological polar surface area (TPSA) is 52.7 Å². The lowest BCUT2D eigenvalue weighted by atomic mass is 10.1. The summed E-state index contributed by atoms with van der Waals surface area (Å²) in [6.07, 6.45) is 0.331. The third-order valence-corrected chi connectivity index (χ3v) is 4.86. The quantitative estimate of drug-likeness (QED) is 0.919. The van der Waals surface area contributed by atoms with Crippen LogP contribution < -0.4 is 10.2 Å². The van der Waals surface area contributed by atoms with Gasteiger partial charge in [0, 0.05) is 32.2 Å².